The molecule has 2 N–H and O–H groups in total. The summed E-state index contributed by atoms with van der Waals surface area (Å²) in [6.07, 6.45) is 2.38. The molecule has 0 saturated heterocycles. The first-order chi connectivity index (χ1) is 8.85. The zero-order valence-electron chi connectivity index (χ0n) is 12.0. The average molecular weight is 285 g/mol. The van der Waals surface area contributed by atoms with E-state index < -0.39 is 10.0 Å². The SMILES string of the molecule is CNCc1ccc(S(=O)(=O)NC(C)CC(C)C)nc1. The molecule has 108 valence electrons. The summed E-state index contributed by atoms with van der Waals surface area (Å²) in [4.78, 5) is 4.01. The number of sulfonamides is 1. The second-order valence-corrected chi connectivity index (χ2v) is 6.85. The van der Waals surface area contributed by atoms with Gasteiger partial charge in [0.2, 0.25) is 0 Å². The second kappa shape index (κ2) is 6.98. The summed E-state index contributed by atoms with van der Waals surface area (Å²) in [6, 6.07) is 3.21. The van der Waals surface area contributed by atoms with Gasteiger partial charge >= 0.3 is 0 Å². The Hall–Kier alpha value is -0.980. The van der Waals surface area contributed by atoms with E-state index in [1.165, 1.54) is 6.07 Å². The molecule has 6 heteroatoms. The van der Waals surface area contributed by atoms with Crippen LogP contribution in [0.2, 0.25) is 0 Å². The molecule has 1 unspecified atom stereocenters. The van der Waals surface area contributed by atoms with Crippen LogP contribution >= 0.6 is 0 Å². The topological polar surface area (TPSA) is 71.1 Å². The molecule has 0 aliphatic heterocycles. The predicted octanol–water partition coefficient (Wildman–Crippen LogP) is 1.51. The first-order valence-corrected chi connectivity index (χ1v) is 7.95. The van der Waals surface area contributed by atoms with Crippen LogP contribution in [0.5, 0.6) is 0 Å². The van der Waals surface area contributed by atoms with Gasteiger partial charge in [0.15, 0.2) is 5.03 Å². The zero-order valence-corrected chi connectivity index (χ0v) is 12.8. The minimum Gasteiger partial charge on any atom is -0.316 e. The maximum Gasteiger partial charge on any atom is 0.258 e. The Morgan fingerprint density at radius 2 is 1.95 bits per heavy atom. The molecule has 0 spiro atoms. The van der Waals surface area contributed by atoms with Crippen molar-refractivity contribution in [3.63, 3.8) is 0 Å². The van der Waals surface area contributed by atoms with Gasteiger partial charge in [0.1, 0.15) is 0 Å². The molecule has 1 rings (SSSR count). The molecule has 0 aromatic carbocycles. The minimum atomic E-state index is -3.52. The molecule has 1 aromatic rings. The third kappa shape index (κ3) is 5.26. The minimum absolute atomic E-state index is 0.0722. The Kier molecular flexibility index (Phi) is 5.90. The molecule has 0 aliphatic rings. The Labute approximate surface area is 115 Å². The summed E-state index contributed by atoms with van der Waals surface area (Å²) in [7, 11) is -1.69. The van der Waals surface area contributed by atoms with E-state index in [1.54, 1.807) is 12.3 Å². The smallest absolute Gasteiger partial charge is 0.258 e. The van der Waals surface area contributed by atoms with E-state index in [0.29, 0.717) is 12.5 Å². The summed E-state index contributed by atoms with van der Waals surface area (Å²) in [5, 5.41) is 3.06. The predicted molar refractivity (Wildman–Crippen MR) is 76.2 cm³/mol. The highest BCUT2D eigenvalue weighted by Crippen LogP contribution is 2.10. The van der Waals surface area contributed by atoms with Gasteiger partial charge in [-0.15, -0.1) is 0 Å². The fourth-order valence-corrected chi connectivity index (χ4v) is 3.14. The molecular weight excluding hydrogens is 262 g/mol. The maximum absolute atomic E-state index is 12.1. The highest BCUT2D eigenvalue weighted by molar-refractivity contribution is 7.89. The summed E-state index contributed by atoms with van der Waals surface area (Å²) < 4.78 is 26.9. The normalized spacial score (nSPS) is 13.7. The van der Waals surface area contributed by atoms with Gasteiger partial charge in [-0.2, -0.15) is 0 Å². The van der Waals surface area contributed by atoms with Crippen LogP contribution in [0.15, 0.2) is 23.4 Å². The molecule has 19 heavy (non-hydrogen) atoms. The van der Waals surface area contributed by atoms with Crippen LogP contribution in [-0.4, -0.2) is 26.5 Å². The van der Waals surface area contributed by atoms with Crippen molar-refractivity contribution >= 4 is 10.0 Å². The first kappa shape index (κ1) is 16.1. The summed E-state index contributed by atoms with van der Waals surface area (Å²) in [5.74, 6) is 0.448. The highest BCUT2D eigenvalue weighted by Gasteiger charge is 2.19. The van der Waals surface area contributed by atoms with Crippen LogP contribution in [0.4, 0.5) is 0 Å². The van der Waals surface area contributed by atoms with Crippen LogP contribution < -0.4 is 10.0 Å². The van der Waals surface area contributed by atoms with Crippen molar-refractivity contribution in [3.8, 4) is 0 Å². The number of pyridine rings is 1. The van der Waals surface area contributed by atoms with Gasteiger partial charge in [0.25, 0.3) is 10.0 Å². The number of hydrogen-bond donors (Lipinski definition) is 2. The van der Waals surface area contributed by atoms with Gasteiger partial charge < -0.3 is 5.32 Å². The number of nitrogens with zero attached hydrogens (tertiary/aromatic N) is 1. The number of rotatable bonds is 7. The average Bonchev–Trinajstić information content (AvgIpc) is 2.28. The van der Waals surface area contributed by atoms with Crippen molar-refractivity contribution in [1.29, 1.82) is 0 Å². The Balaban J connectivity index is 2.76. The van der Waals surface area contributed by atoms with E-state index in [2.05, 4.69) is 28.9 Å². The molecule has 0 bridgehead atoms. The molecule has 0 radical (unpaired) electrons. The Morgan fingerprint density at radius 3 is 2.42 bits per heavy atom. The first-order valence-electron chi connectivity index (χ1n) is 6.47. The Bertz CT molecular complexity index is 483. The second-order valence-electron chi connectivity index (χ2n) is 5.19. The third-order valence-corrected chi connectivity index (χ3v) is 4.14. The fourth-order valence-electron chi connectivity index (χ4n) is 1.96. The lowest BCUT2D eigenvalue weighted by Gasteiger charge is -2.15. The van der Waals surface area contributed by atoms with Gasteiger partial charge in [0, 0.05) is 18.8 Å². The van der Waals surface area contributed by atoms with E-state index in [-0.39, 0.29) is 11.1 Å². The Morgan fingerprint density at radius 1 is 1.26 bits per heavy atom. The maximum atomic E-state index is 12.1. The number of nitrogens with one attached hydrogen (secondary N) is 2. The molecule has 1 atom stereocenters. The molecule has 1 heterocycles. The van der Waals surface area contributed by atoms with Crippen molar-refractivity contribution in [2.75, 3.05) is 7.05 Å². The molecule has 1 aromatic heterocycles. The molecule has 0 fully saturated rings. The van der Waals surface area contributed by atoms with Crippen molar-refractivity contribution in [1.82, 2.24) is 15.0 Å². The van der Waals surface area contributed by atoms with Crippen LogP contribution in [-0.2, 0) is 16.6 Å². The molecule has 0 saturated carbocycles. The van der Waals surface area contributed by atoms with Crippen LogP contribution in [0.1, 0.15) is 32.8 Å². The largest absolute Gasteiger partial charge is 0.316 e. The third-order valence-electron chi connectivity index (χ3n) is 2.64. The van der Waals surface area contributed by atoms with Crippen molar-refractivity contribution < 1.29 is 8.42 Å². The van der Waals surface area contributed by atoms with E-state index in [0.717, 1.165) is 12.0 Å². The van der Waals surface area contributed by atoms with Gasteiger partial charge in [-0.05, 0) is 37.9 Å². The van der Waals surface area contributed by atoms with Crippen molar-refractivity contribution in [2.24, 2.45) is 5.92 Å². The molecule has 0 aliphatic carbocycles. The molecular formula is C13H23N3O2S. The van der Waals surface area contributed by atoms with Gasteiger partial charge in [0.05, 0.1) is 0 Å². The van der Waals surface area contributed by atoms with E-state index in [9.17, 15) is 8.42 Å². The van der Waals surface area contributed by atoms with Crippen molar-refractivity contribution in [3.05, 3.63) is 23.9 Å². The summed E-state index contributed by atoms with van der Waals surface area (Å²) in [6.45, 7) is 6.67. The monoisotopic (exact) mass is 285 g/mol. The number of hydrogen-bond acceptors (Lipinski definition) is 4. The van der Waals surface area contributed by atoms with E-state index in [4.69, 9.17) is 0 Å². The van der Waals surface area contributed by atoms with Gasteiger partial charge in [-0.1, -0.05) is 19.9 Å². The van der Waals surface area contributed by atoms with E-state index >= 15 is 0 Å². The van der Waals surface area contributed by atoms with Gasteiger partial charge in [-0.25, -0.2) is 18.1 Å². The van der Waals surface area contributed by atoms with E-state index in [1.807, 2.05) is 14.0 Å². The number of aromatic nitrogens is 1. The molecule has 5 nitrogen and oxygen atoms in total. The fraction of sp³-hybridized carbons (Fsp3) is 0.615. The van der Waals surface area contributed by atoms with Crippen molar-refractivity contribution in [2.45, 2.75) is 44.8 Å². The zero-order chi connectivity index (χ0) is 14.5. The van der Waals surface area contributed by atoms with Crippen LogP contribution in [0.3, 0.4) is 0 Å². The summed E-state index contributed by atoms with van der Waals surface area (Å²) in [5.41, 5.74) is 0.955. The van der Waals surface area contributed by atoms with Crippen LogP contribution in [0, 0.1) is 5.92 Å². The van der Waals surface area contributed by atoms with Gasteiger partial charge in [-0.3, -0.25) is 0 Å². The lowest BCUT2D eigenvalue weighted by atomic mass is 10.1. The lowest BCUT2D eigenvalue weighted by molar-refractivity contribution is 0.481. The summed E-state index contributed by atoms with van der Waals surface area (Å²) >= 11 is 0. The highest BCUT2D eigenvalue weighted by atomic mass is 32.2. The van der Waals surface area contributed by atoms with Crippen LogP contribution in [0.25, 0.3) is 0 Å². The molecule has 0 amide bonds. The quantitative estimate of drug-likeness (QED) is 0.796. The lowest BCUT2D eigenvalue weighted by Crippen LogP contribution is -2.34. The standard InChI is InChI=1S/C13H23N3O2S/c1-10(2)7-11(3)16-19(17,18)13-6-5-12(8-14-4)9-15-13/h5-6,9-11,14,16H,7-8H2,1-4H3.